The zero-order valence-electron chi connectivity index (χ0n) is 10.3. The van der Waals surface area contributed by atoms with Crippen LogP contribution in [0, 0.1) is 6.92 Å². The van der Waals surface area contributed by atoms with Gasteiger partial charge in [-0.15, -0.1) is 0 Å². The molecule has 0 saturated heterocycles. The first-order valence-corrected chi connectivity index (χ1v) is 5.71. The quantitative estimate of drug-likeness (QED) is 0.805. The largest absolute Gasteiger partial charge is 0.351 e. The van der Waals surface area contributed by atoms with Gasteiger partial charge in [0.2, 0.25) is 11.7 Å². The highest BCUT2D eigenvalue weighted by atomic mass is 16.5. The van der Waals surface area contributed by atoms with Crippen molar-refractivity contribution in [3.05, 3.63) is 53.4 Å². The molecule has 2 rings (SSSR count). The van der Waals surface area contributed by atoms with E-state index in [4.69, 9.17) is 4.52 Å². The molecule has 0 saturated carbocycles. The third kappa shape index (κ3) is 3.67. The van der Waals surface area contributed by atoms with Gasteiger partial charge in [0.05, 0.1) is 12.1 Å². The van der Waals surface area contributed by atoms with Crippen molar-refractivity contribution in [2.75, 3.05) is 0 Å². The summed E-state index contributed by atoms with van der Waals surface area (Å²) in [6.45, 7) is 1.70. The number of rotatable bonds is 3. The van der Waals surface area contributed by atoms with Crippen LogP contribution in [0.2, 0.25) is 0 Å². The van der Waals surface area contributed by atoms with E-state index in [0.29, 0.717) is 5.69 Å². The number of nitrogens with one attached hydrogen (secondary N) is 2. The lowest BCUT2D eigenvalue weighted by Crippen LogP contribution is -2.42. The van der Waals surface area contributed by atoms with E-state index < -0.39 is 5.91 Å². The number of hydrogen-bond donors (Lipinski definition) is 2. The molecule has 0 aliphatic rings. The van der Waals surface area contributed by atoms with Crippen molar-refractivity contribution >= 4 is 11.8 Å². The van der Waals surface area contributed by atoms with Crippen LogP contribution in [0.15, 0.2) is 40.9 Å². The molecule has 1 aromatic heterocycles. The molecule has 6 nitrogen and oxygen atoms in total. The van der Waals surface area contributed by atoms with E-state index in [9.17, 15) is 9.59 Å². The first-order chi connectivity index (χ1) is 9.15. The van der Waals surface area contributed by atoms with Crippen LogP contribution in [0.5, 0.6) is 0 Å². The molecule has 0 spiro atoms. The van der Waals surface area contributed by atoms with E-state index >= 15 is 0 Å². The predicted octanol–water partition coefficient (Wildman–Crippen LogP) is 0.987. The van der Waals surface area contributed by atoms with Crippen LogP contribution >= 0.6 is 0 Å². The third-order valence-electron chi connectivity index (χ3n) is 2.37. The topological polar surface area (TPSA) is 84.2 Å². The number of nitrogens with zero attached hydrogens (tertiary/aromatic N) is 1. The lowest BCUT2D eigenvalue weighted by atomic mass is 10.1. The average molecular weight is 259 g/mol. The fraction of sp³-hybridized carbons (Fsp3) is 0.154. The van der Waals surface area contributed by atoms with E-state index in [-0.39, 0.29) is 18.1 Å². The number of aryl methyl sites for hydroxylation is 1. The summed E-state index contributed by atoms with van der Waals surface area (Å²) in [6, 6.07) is 10.7. The lowest BCUT2D eigenvalue weighted by Gasteiger charge is -2.05. The van der Waals surface area contributed by atoms with Gasteiger partial charge in [0, 0.05) is 6.07 Å². The molecule has 2 aromatic rings. The molecular weight excluding hydrogens is 246 g/mol. The second-order valence-electron chi connectivity index (χ2n) is 4.00. The summed E-state index contributed by atoms with van der Waals surface area (Å²) in [5, 5.41) is 3.58. The van der Waals surface area contributed by atoms with Gasteiger partial charge in [-0.2, -0.15) is 0 Å². The van der Waals surface area contributed by atoms with E-state index in [1.807, 2.05) is 30.3 Å². The summed E-state index contributed by atoms with van der Waals surface area (Å²) in [5.41, 5.74) is 6.04. The Balaban J connectivity index is 1.82. The predicted molar refractivity (Wildman–Crippen MR) is 67.0 cm³/mol. The van der Waals surface area contributed by atoms with Gasteiger partial charge in [0.1, 0.15) is 0 Å². The van der Waals surface area contributed by atoms with Gasteiger partial charge < -0.3 is 4.52 Å². The van der Waals surface area contributed by atoms with Gasteiger partial charge in [-0.25, -0.2) is 0 Å². The molecule has 0 unspecified atom stereocenters. The molecule has 0 fully saturated rings. The van der Waals surface area contributed by atoms with Gasteiger partial charge >= 0.3 is 5.91 Å². The Morgan fingerprint density at radius 1 is 1.21 bits per heavy atom. The summed E-state index contributed by atoms with van der Waals surface area (Å²) in [5.74, 6) is -0.796. The van der Waals surface area contributed by atoms with E-state index in [2.05, 4.69) is 16.0 Å². The molecule has 0 aliphatic heterocycles. The number of carbonyl (C=O) groups is 2. The van der Waals surface area contributed by atoms with Crippen molar-refractivity contribution in [3.63, 3.8) is 0 Å². The maximum atomic E-state index is 11.6. The molecule has 0 radical (unpaired) electrons. The molecule has 0 bridgehead atoms. The van der Waals surface area contributed by atoms with Crippen LogP contribution in [0.25, 0.3) is 0 Å². The molecule has 19 heavy (non-hydrogen) atoms. The zero-order valence-corrected chi connectivity index (χ0v) is 10.3. The maximum Gasteiger partial charge on any atom is 0.308 e. The Kier molecular flexibility index (Phi) is 3.92. The van der Waals surface area contributed by atoms with Crippen molar-refractivity contribution in [2.24, 2.45) is 0 Å². The second kappa shape index (κ2) is 5.81. The van der Waals surface area contributed by atoms with E-state index in [0.717, 1.165) is 5.56 Å². The molecule has 2 amide bonds. The monoisotopic (exact) mass is 259 g/mol. The number of carbonyl (C=O) groups excluding carboxylic acids is 2. The maximum absolute atomic E-state index is 11.6. The molecule has 0 aliphatic carbocycles. The van der Waals surface area contributed by atoms with Crippen LogP contribution < -0.4 is 10.9 Å². The Hall–Kier alpha value is -2.63. The van der Waals surface area contributed by atoms with Crippen LogP contribution in [-0.4, -0.2) is 17.0 Å². The van der Waals surface area contributed by atoms with Crippen LogP contribution in [0.1, 0.15) is 21.8 Å². The van der Waals surface area contributed by atoms with Gasteiger partial charge in [-0.3, -0.25) is 20.4 Å². The van der Waals surface area contributed by atoms with E-state index in [1.165, 1.54) is 6.07 Å². The average Bonchev–Trinajstić information content (AvgIpc) is 2.84. The number of hydrogen-bond acceptors (Lipinski definition) is 4. The minimum absolute atomic E-state index is 0.0533. The summed E-state index contributed by atoms with van der Waals surface area (Å²) in [4.78, 5) is 23.1. The van der Waals surface area contributed by atoms with Crippen LogP contribution in [-0.2, 0) is 11.2 Å². The summed E-state index contributed by atoms with van der Waals surface area (Å²) in [7, 11) is 0. The molecule has 6 heteroatoms. The Morgan fingerprint density at radius 3 is 2.58 bits per heavy atom. The number of aromatic nitrogens is 1. The molecular formula is C13H13N3O3. The van der Waals surface area contributed by atoms with Crippen LogP contribution in [0.4, 0.5) is 0 Å². The van der Waals surface area contributed by atoms with Crippen molar-refractivity contribution in [3.8, 4) is 0 Å². The first-order valence-electron chi connectivity index (χ1n) is 5.71. The van der Waals surface area contributed by atoms with Crippen molar-refractivity contribution in [2.45, 2.75) is 13.3 Å². The van der Waals surface area contributed by atoms with Crippen molar-refractivity contribution < 1.29 is 14.1 Å². The third-order valence-corrected chi connectivity index (χ3v) is 2.37. The van der Waals surface area contributed by atoms with Gasteiger partial charge in [0.25, 0.3) is 0 Å². The van der Waals surface area contributed by atoms with Gasteiger partial charge in [0.15, 0.2) is 0 Å². The van der Waals surface area contributed by atoms with Crippen LogP contribution in [0.3, 0.4) is 0 Å². The fourth-order valence-corrected chi connectivity index (χ4v) is 1.48. The number of benzene rings is 1. The Bertz CT molecular complexity index is 578. The minimum Gasteiger partial charge on any atom is -0.351 e. The molecule has 0 atom stereocenters. The second-order valence-corrected chi connectivity index (χ2v) is 4.00. The molecule has 1 heterocycles. The fourth-order valence-electron chi connectivity index (χ4n) is 1.48. The minimum atomic E-state index is -0.540. The van der Waals surface area contributed by atoms with Gasteiger partial charge in [-0.05, 0) is 12.5 Å². The van der Waals surface area contributed by atoms with E-state index in [1.54, 1.807) is 6.92 Å². The highest BCUT2D eigenvalue weighted by Crippen LogP contribution is 2.01. The molecule has 1 aromatic carbocycles. The van der Waals surface area contributed by atoms with Crippen molar-refractivity contribution in [1.29, 1.82) is 0 Å². The molecule has 2 N–H and O–H groups in total. The SMILES string of the molecule is Cc1cc(C(=O)NNC(=O)Cc2ccccc2)on1. The smallest absolute Gasteiger partial charge is 0.308 e. The number of amides is 2. The Labute approximate surface area is 109 Å². The summed E-state index contributed by atoms with van der Waals surface area (Å²) >= 11 is 0. The summed E-state index contributed by atoms with van der Waals surface area (Å²) < 4.78 is 4.76. The van der Waals surface area contributed by atoms with Gasteiger partial charge in [-0.1, -0.05) is 35.5 Å². The highest BCUT2D eigenvalue weighted by Gasteiger charge is 2.12. The lowest BCUT2D eigenvalue weighted by molar-refractivity contribution is -0.121. The zero-order chi connectivity index (χ0) is 13.7. The first kappa shape index (κ1) is 12.8. The molecule has 98 valence electrons. The standard InChI is InChI=1S/C13H13N3O3/c1-9-7-11(19-16-9)13(18)15-14-12(17)8-10-5-3-2-4-6-10/h2-7H,8H2,1H3,(H,14,17)(H,15,18). The summed E-state index contributed by atoms with van der Waals surface area (Å²) in [6.07, 6.45) is 0.191. The number of hydrazine groups is 1. The highest BCUT2D eigenvalue weighted by molar-refractivity contribution is 5.93. The Morgan fingerprint density at radius 2 is 1.95 bits per heavy atom. The van der Waals surface area contributed by atoms with Crippen molar-refractivity contribution in [1.82, 2.24) is 16.0 Å². The normalized spacial score (nSPS) is 9.95.